The molecular formula is C8H10Cl2Ru. The van der Waals surface area contributed by atoms with Gasteiger partial charge in [0.2, 0.25) is 0 Å². The van der Waals surface area contributed by atoms with E-state index in [0.29, 0.717) is 0 Å². The maximum Gasteiger partial charge on any atom is 0 e. The Balaban J connectivity index is -0.000000213. The molecule has 0 atom stereocenters. The van der Waals surface area contributed by atoms with E-state index < -0.39 is 0 Å². The minimum atomic E-state index is 0. The van der Waals surface area contributed by atoms with Crippen molar-refractivity contribution < 1.29 is 19.5 Å². The van der Waals surface area contributed by atoms with Crippen LogP contribution in [-0.2, 0) is 19.5 Å². The molecule has 0 radical (unpaired) electrons. The van der Waals surface area contributed by atoms with E-state index in [1.165, 1.54) is 0 Å². The van der Waals surface area contributed by atoms with E-state index in [2.05, 4.69) is 0 Å². The van der Waals surface area contributed by atoms with Crippen LogP contribution in [0.1, 0.15) is 0 Å². The van der Waals surface area contributed by atoms with Gasteiger partial charge in [-0.1, -0.05) is 48.6 Å². The first kappa shape index (κ1) is 17.3. The Morgan fingerprint density at radius 3 is 0.545 bits per heavy atom. The van der Waals surface area contributed by atoms with Crippen LogP contribution in [0.5, 0.6) is 0 Å². The monoisotopic (exact) mass is 278 g/mol. The molecular weight excluding hydrogens is 268 g/mol. The molecule has 0 bridgehead atoms. The standard InChI is InChI=1S/C8H8.2ClH.Ru/c1-2-4-6-8-7-5-3-1;;;/h1-8H;2*1H;/b2-1-,3-1?,4-2?,5-3-,6-4?,7-5?,8-6?,8-7?;;;. The second-order valence-corrected chi connectivity index (χ2v) is 1.54. The van der Waals surface area contributed by atoms with E-state index in [-0.39, 0.29) is 44.3 Å². The van der Waals surface area contributed by atoms with Crippen molar-refractivity contribution in [3.05, 3.63) is 48.6 Å². The Kier molecular flexibility index (Phi) is 20.1. The van der Waals surface area contributed by atoms with E-state index in [4.69, 9.17) is 0 Å². The molecule has 0 nitrogen and oxygen atoms in total. The number of hydrogen-bond acceptors (Lipinski definition) is 0. The SMILES string of the molecule is C1=C/C=C\C=C/C=C1.Cl.Cl.[Ru]. The summed E-state index contributed by atoms with van der Waals surface area (Å²) in [4.78, 5) is 0. The van der Waals surface area contributed by atoms with Gasteiger partial charge in [-0.05, 0) is 0 Å². The van der Waals surface area contributed by atoms with Crippen molar-refractivity contribution in [1.82, 2.24) is 0 Å². The maximum absolute atomic E-state index is 2.00. The fourth-order valence-corrected chi connectivity index (χ4v) is 0.513. The smallest absolute Gasteiger partial charge is 0 e. The van der Waals surface area contributed by atoms with Crippen LogP contribution in [0.4, 0.5) is 0 Å². The maximum atomic E-state index is 2.00. The van der Waals surface area contributed by atoms with Gasteiger partial charge in [0.25, 0.3) is 0 Å². The quantitative estimate of drug-likeness (QED) is 0.597. The van der Waals surface area contributed by atoms with Gasteiger partial charge < -0.3 is 0 Å². The van der Waals surface area contributed by atoms with Crippen LogP contribution >= 0.6 is 24.8 Å². The Morgan fingerprint density at radius 2 is 0.455 bits per heavy atom. The zero-order valence-corrected chi connectivity index (χ0v) is 9.16. The van der Waals surface area contributed by atoms with Crippen LogP contribution in [-0.4, -0.2) is 0 Å². The molecule has 1 aliphatic rings. The normalized spacial score (nSPS) is 17.5. The van der Waals surface area contributed by atoms with Gasteiger partial charge in [0, 0.05) is 19.5 Å². The molecule has 64 valence electrons. The van der Waals surface area contributed by atoms with Crippen LogP contribution in [0.3, 0.4) is 0 Å². The van der Waals surface area contributed by atoms with Gasteiger partial charge in [-0.25, -0.2) is 0 Å². The molecule has 0 amide bonds. The summed E-state index contributed by atoms with van der Waals surface area (Å²) in [6.45, 7) is 0. The van der Waals surface area contributed by atoms with Crippen molar-refractivity contribution in [2.45, 2.75) is 0 Å². The third-order valence-corrected chi connectivity index (χ3v) is 0.889. The summed E-state index contributed by atoms with van der Waals surface area (Å²) in [7, 11) is 0. The first-order chi connectivity index (χ1) is 4.00. The molecule has 1 rings (SSSR count). The summed E-state index contributed by atoms with van der Waals surface area (Å²) < 4.78 is 0. The second-order valence-electron chi connectivity index (χ2n) is 1.54. The molecule has 0 saturated carbocycles. The van der Waals surface area contributed by atoms with Crippen molar-refractivity contribution in [3.8, 4) is 0 Å². The molecule has 0 saturated heterocycles. The van der Waals surface area contributed by atoms with Crippen LogP contribution in [0.15, 0.2) is 48.6 Å². The summed E-state index contributed by atoms with van der Waals surface area (Å²) in [6, 6.07) is 0. The Morgan fingerprint density at radius 1 is 0.364 bits per heavy atom. The van der Waals surface area contributed by atoms with E-state index in [1.54, 1.807) is 0 Å². The summed E-state index contributed by atoms with van der Waals surface area (Å²) in [5.41, 5.74) is 0. The van der Waals surface area contributed by atoms with Crippen molar-refractivity contribution >= 4 is 24.8 Å². The molecule has 0 aromatic rings. The van der Waals surface area contributed by atoms with E-state index in [1.807, 2.05) is 48.6 Å². The van der Waals surface area contributed by atoms with Gasteiger partial charge in [0.05, 0.1) is 0 Å². The minimum Gasteiger partial charge on any atom is -0.147 e. The largest absolute Gasteiger partial charge is 0.147 e. The van der Waals surface area contributed by atoms with Crippen molar-refractivity contribution in [3.63, 3.8) is 0 Å². The number of halogens is 2. The third kappa shape index (κ3) is 10.2. The number of allylic oxidation sites excluding steroid dienone is 8. The Bertz CT molecular complexity index is 113. The first-order valence-corrected chi connectivity index (χ1v) is 2.67. The predicted octanol–water partition coefficient (Wildman–Crippen LogP) is 3.07. The van der Waals surface area contributed by atoms with Gasteiger partial charge in [0.15, 0.2) is 0 Å². The summed E-state index contributed by atoms with van der Waals surface area (Å²) in [5.74, 6) is 0. The van der Waals surface area contributed by atoms with Gasteiger partial charge in [-0.3, -0.25) is 0 Å². The topological polar surface area (TPSA) is 0 Å². The van der Waals surface area contributed by atoms with Crippen LogP contribution < -0.4 is 0 Å². The van der Waals surface area contributed by atoms with Gasteiger partial charge in [-0.2, -0.15) is 0 Å². The second kappa shape index (κ2) is 12.8. The van der Waals surface area contributed by atoms with Crippen LogP contribution in [0.2, 0.25) is 0 Å². The van der Waals surface area contributed by atoms with Crippen LogP contribution in [0.25, 0.3) is 0 Å². The average molecular weight is 278 g/mol. The van der Waals surface area contributed by atoms with Gasteiger partial charge >= 0.3 is 0 Å². The Hall–Kier alpha value is 0.163. The van der Waals surface area contributed by atoms with E-state index in [0.717, 1.165) is 0 Å². The zero-order chi connectivity index (χ0) is 5.66. The molecule has 0 unspecified atom stereocenters. The summed E-state index contributed by atoms with van der Waals surface area (Å²) in [6.07, 6.45) is 16.0. The van der Waals surface area contributed by atoms with Gasteiger partial charge in [0.1, 0.15) is 0 Å². The molecule has 0 fully saturated rings. The van der Waals surface area contributed by atoms with Gasteiger partial charge in [-0.15, -0.1) is 24.8 Å². The third-order valence-electron chi connectivity index (χ3n) is 0.889. The van der Waals surface area contributed by atoms with Crippen molar-refractivity contribution in [2.75, 3.05) is 0 Å². The molecule has 0 aromatic heterocycles. The number of rotatable bonds is 0. The minimum absolute atomic E-state index is 0. The molecule has 0 spiro atoms. The molecule has 11 heavy (non-hydrogen) atoms. The van der Waals surface area contributed by atoms with Crippen molar-refractivity contribution in [2.24, 2.45) is 0 Å². The molecule has 0 N–H and O–H groups in total. The van der Waals surface area contributed by atoms with Crippen molar-refractivity contribution in [1.29, 1.82) is 0 Å². The molecule has 1 aliphatic carbocycles. The zero-order valence-electron chi connectivity index (χ0n) is 5.79. The van der Waals surface area contributed by atoms with Crippen LogP contribution in [0, 0.1) is 0 Å². The average Bonchev–Trinajstić information content (AvgIpc) is 1.62. The number of hydrogen-bond donors (Lipinski definition) is 0. The first-order valence-electron chi connectivity index (χ1n) is 2.67. The summed E-state index contributed by atoms with van der Waals surface area (Å²) in [5, 5.41) is 0. The predicted molar refractivity (Wildman–Crippen MR) is 51.1 cm³/mol. The summed E-state index contributed by atoms with van der Waals surface area (Å²) >= 11 is 0. The fourth-order valence-electron chi connectivity index (χ4n) is 0.513. The molecule has 0 aliphatic heterocycles. The molecule has 3 heteroatoms. The Labute approximate surface area is 92.7 Å². The van der Waals surface area contributed by atoms with E-state index >= 15 is 0 Å². The fraction of sp³-hybridized carbons (Fsp3) is 0. The van der Waals surface area contributed by atoms with E-state index in [9.17, 15) is 0 Å². The molecule has 0 aromatic carbocycles. The molecule has 0 heterocycles.